The van der Waals surface area contributed by atoms with Crippen molar-refractivity contribution in [3.8, 4) is 0 Å². The van der Waals surface area contributed by atoms with Crippen LogP contribution in [0.4, 0.5) is 0 Å². The maximum atomic E-state index is 2.60. The van der Waals surface area contributed by atoms with E-state index in [1.165, 1.54) is 64.7 Å². The summed E-state index contributed by atoms with van der Waals surface area (Å²) in [6.07, 6.45) is 8.12. The molecule has 83 valence electrons. The fourth-order valence-corrected chi connectivity index (χ4v) is 2.06. The van der Waals surface area contributed by atoms with Crippen LogP contribution in [0.1, 0.15) is 52.4 Å². The standard InChI is InChI=1S/C12H26N2/c1-3-5-9-13(10-6-4-2)14-11-7-8-12-14/h3-12H2,1-2H3/q+1. The molecule has 0 aromatic rings. The van der Waals surface area contributed by atoms with Gasteiger partial charge in [-0.05, 0) is 12.8 Å². The number of rotatable bonds is 7. The average Bonchev–Trinajstić information content (AvgIpc) is 2.71. The molecule has 0 amide bonds. The van der Waals surface area contributed by atoms with E-state index in [0.29, 0.717) is 0 Å². The van der Waals surface area contributed by atoms with Gasteiger partial charge in [-0.25, -0.2) is 0 Å². The van der Waals surface area contributed by atoms with Gasteiger partial charge in [-0.15, -0.1) is 5.01 Å². The van der Waals surface area contributed by atoms with Gasteiger partial charge in [-0.3, -0.25) is 0 Å². The molecule has 2 nitrogen and oxygen atoms in total. The molecule has 1 radical (unpaired) electrons. The minimum absolute atomic E-state index is 1.27. The van der Waals surface area contributed by atoms with Crippen LogP contribution >= 0.6 is 0 Å². The fourth-order valence-electron chi connectivity index (χ4n) is 2.06. The Labute approximate surface area is 89.2 Å². The number of unbranched alkanes of at least 4 members (excludes halogenated alkanes) is 2. The molecular weight excluding hydrogens is 172 g/mol. The summed E-state index contributed by atoms with van der Waals surface area (Å²) in [7, 11) is 0. The molecule has 0 aliphatic carbocycles. The molecule has 2 heteroatoms. The predicted molar refractivity (Wildman–Crippen MR) is 62.5 cm³/mol. The highest BCUT2D eigenvalue weighted by Crippen LogP contribution is 2.10. The Morgan fingerprint density at radius 2 is 1.43 bits per heavy atom. The molecule has 0 unspecified atom stereocenters. The zero-order chi connectivity index (χ0) is 10.2. The van der Waals surface area contributed by atoms with Crippen LogP contribution < -0.4 is 5.01 Å². The van der Waals surface area contributed by atoms with E-state index >= 15 is 0 Å². The molecule has 1 rings (SSSR count). The summed E-state index contributed by atoms with van der Waals surface area (Å²) < 4.78 is 0. The molecule has 0 aromatic carbocycles. The van der Waals surface area contributed by atoms with E-state index in [1.807, 2.05) is 0 Å². The molecule has 1 saturated heterocycles. The van der Waals surface area contributed by atoms with E-state index in [1.54, 1.807) is 0 Å². The monoisotopic (exact) mass is 198 g/mol. The lowest BCUT2D eigenvalue weighted by atomic mass is 10.3. The van der Waals surface area contributed by atoms with Crippen molar-refractivity contribution in [3.63, 3.8) is 0 Å². The van der Waals surface area contributed by atoms with Crippen molar-refractivity contribution in [2.24, 2.45) is 0 Å². The van der Waals surface area contributed by atoms with Crippen LogP contribution in [0.25, 0.3) is 0 Å². The lowest BCUT2D eigenvalue weighted by molar-refractivity contribution is 0.0925. The second kappa shape index (κ2) is 7.24. The quantitative estimate of drug-likeness (QED) is 0.572. The molecular formula is C12H26N2+. The van der Waals surface area contributed by atoms with Crippen LogP contribution in [-0.2, 0) is 0 Å². The zero-order valence-electron chi connectivity index (χ0n) is 9.97. The number of hydrazine groups is 1. The Morgan fingerprint density at radius 1 is 0.929 bits per heavy atom. The molecule has 0 bridgehead atoms. The molecule has 1 fully saturated rings. The highest BCUT2D eigenvalue weighted by molar-refractivity contribution is 4.69. The summed E-state index contributed by atoms with van der Waals surface area (Å²) >= 11 is 0. The van der Waals surface area contributed by atoms with Crippen LogP contribution in [0.3, 0.4) is 0 Å². The van der Waals surface area contributed by atoms with Crippen LogP contribution in [0.5, 0.6) is 0 Å². The number of nitrogens with zero attached hydrogens (tertiary/aromatic N) is 2. The summed E-state index contributed by atoms with van der Waals surface area (Å²) in [6.45, 7) is 9.71. The third-order valence-electron chi connectivity index (χ3n) is 3.02. The highest BCUT2D eigenvalue weighted by atomic mass is 15.6. The molecule has 14 heavy (non-hydrogen) atoms. The molecule has 1 aliphatic heterocycles. The summed E-state index contributed by atoms with van der Waals surface area (Å²) in [6, 6.07) is 0. The normalized spacial score (nSPS) is 18.2. The number of hydrogen-bond acceptors (Lipinski definition) is 2. The molecule has 0 N–H and O–H groups in total. The van der Waals surface area contributed by atoms with Crippen molar-refractivity contribution in [3.05, 3.63) is 0 Å². The molecule has 1 heterocycles. The molecule has 1 aliphatic rings. The Hall–Kier alpha value is -0.0800. The van der Waals surface area contributed by atoms with Crippen molar-refractivity contribution in [1.82, 2.24) is 10.0 Å². The minimum atomic E-state index is 1.27. The van der Waals surface area contributed by atoms with Gasteiger partial charge in [0.2, 0.25) is 0 Å². The summed E-state index contributed by atoms with van der Waals surface area (Å²) in [5, 5.41) is 5.17. The van der Waals surface area contributed by atoms with Gasteiger partial charge in [0.25, 0.3) is 0 Å². The van der Waals surface area contributed by atoms with Gasteiger partial charge < -0.3 is 0 Å². The maximum absolute atomic E-state index is 2.60. The van der Waals surface area contributed by atoms with Crippen molar-refractivity contribution in [2.45, 2.75) is 52.4 Å². The molecule has 0 aromatic heterocycles. The van der Waals surface area contributed by atoms with Gasteiger partial charge in [0.1, 0.15) is 13.1 Å². The van der Waals surface area contributed by atoms with Crippen LogP contribution in [0.2, 0.25) is 0 Å². The average molecular weight is 198 g/mol. The van der Waals surface area contributed by atoms with Gasteiger partial charge in [0.05, 0.1) is 13.1 Å². The van der Waals surface area contributed by atoms with E-state index < -0.39 is 0 Å². The van der Waals surface area contributed by atoms with Crippen molar-refractivity contribution >= 4 is 0 Å². The van der Waals surface area contributed by atoms with E-state index in [9.17, 15) is 0 Å². The first kappa shape index (κ1) is 12.0. The summed E-state index contributed by atoms with van der Waals surface area (Å²) in [5.74, 6) is 0. The first-order valence-corrected chi connectivity index (χ1v) is 6.38. The van der Waals surface area contributed by atoms with Gasteiger partial charge >= 0.3 is 0 Å². The second-order valence-electron chi connectivity index (χ2n) is 4.32. The lowest BCUT2D eigenvalue weighted by Crippen LogP contribution is -2.47. The zero-order valence-corrected chi connectivity index (χ0v) is 9.97. The van der Waals surface area contributed by atoms with Gasteiger partial charge in [-0.2, -0.15) is 0 Å². The maximum Gasteiger partial charge on any atom is 0.144 e. The predicted octanol–water partition coefficient (Wildman–Crippen LogP) is 2.74. The van der Waals surface area contributed by atoms with Gasteiger partial charge in [0.15, 0.2) is 0 Å². The molecule has 0 spiro atoms. The number of hydrogen-bond donors (Lipinski definition) is 0. The van der Waals surface area contributed by atoms with Crippen molar-refractivity contribution in [2.75, 3.05) is 26.2 Å². The van der Waals surface area contributed by atoms with Gasteiger partial charge in [-0.1, -0.05) is 31.7 Å². The Bertz CT molecular complexity index is 122. The van der Waals surface area contributed by atoms with Crippen LogP contribution in [-0.4, -0.2) is 31.2 Å². The Kier molecular flexibility index (Phi) is 6.20. The highest BCUT2D eigenvalue weighted by Gasteiger charge is 2.27. The van der Waals surface area contributed by atoms with E-state index in [4.69, 9.17) is 0 Å². The fraction of sp³-hybridized carbons (Fsp3) is 1.00. The Balaban J connectivity index is 2.26. The van der Waals surface area contributed by atoms with E-state index in [-0.39, 0.29) is 0 Å². The summed E-state index contributed by atoms with van der Waals surface area (Å²) in [5.41, 5.74) is 0. The first-order chi connectivity index (χ1) is 6.88. The first-order valence-electron chi connectivity index (χ1n) is 6.38. The minimum Gasteiger partial charge on any atom is -0.106 e. The summed E-state index contributed by atoms with van der Waals surface area (Å²) in [4.78, 5) is 0. The van der Waals surface area contributed by atoms with Gasteiger partial charge in [0, 0.05) is 12.8 Å². The van der Waals surface area contributed by atoms with E-state index in [2.05, 4.69) is 23.9 Å². The van der Waals surface area contributed by atoms with Crippen LogP contribution in [0, 0.1) is 0 Å². The molecule has 0 saturated carbocycles. The SMILES string of the molecule is CCCC[N+](CCCC)N1CCCC1. The smallest absolute Gasteiger partial charge is 0.106 e. The Morgan fingerprint density at radius 3 is 1.86 bits per heavy atom. The van der Waals surface area contributed by atoms with Crippen molar-refractivity contribution in [1.29, 1.82) is 0 Å². The third kappa shape index (κ3) is 3.97. The topological polar surface area (TPSA) is 9.14 Å². The van der Waals surface area contributed by atoms with E-state index in [0.717, 1.165) is 0 Å². The largest absolute Gasteiger partial charge is 0.144 e. The van der Waals surface area contributed by atoms with Crippen LogP contribution in [0.15, 0.2) is 0 Å². The third-order valence-corrected chi connectivity index (χ3v) is 3.02. The second-order valence-corrected chi connectivity index (χ2v) is 4.32. The lowest BCUT2D eigenvalue weighted by Gasteiger charge is -2.19. The molecule has 0 atom stereocenters. The van der Waals surface area contributed by atoms with Crippen molar-refractivity contribution < 1.29 is 0 Å².